The molecule has 62 valence electrons. The monoisotopic (exact) mass is 166 g/mol. The van der Waals surface area contributed by atoms with Crippen molar-refractivity contribution in [2.24, 2.45) is 0 Å². The van der Waals surface area contributed by atoms with E-state index >= 15 is 0 Å². The first-order chi connectivity index (χ1) is 5.90. The molecule has 2 rings (SSSR count). The topological polar surface area (TPSA) is 66.0 Å². The Balaban J connectivity index is 2.35. The van der Waals surface area contributed by atoms with Crippen molar-refractivity contribution in [1.29, 1.82) is 0 Å². The van der Waals surface area contributed by atoms with Crippen molar-refractivity contribution in [2.45, 2.75) is 0 Å². The number of aromatic nitrogens is 4. The standard InChI is InChI=1S/C6H6N4O2/c1-11-5-4-6(12-9-5)10-7-2-3-8-10/h2-4H,1H3. The van der Waals surface area contributed by atoms with Crippen LogP contribution in [0.2, 0.25) is 0 Å². The summed E-state index contributed by atoms with van der Waals surface area (Å²) in [5.74, 6) is 0.833. The summed E-state index contributed by atoms with van der Waals surface area (Å²) in [7, 11) is 1.51. The van der Waals surface area contributed by atoms with Crippen LogP contribution in [0.15, 0.2) is 23.0 Å². The van der Waals surface area contributed by atoms with Crippen LogP contribution in [0.3, 0.4) is 0 Å². The van der Waals surface area contributed by atoms with E-state index in [9.17, 15) is 0 Å². The highest BCUT2D eigenvalue weighted by Crippen LogP contribution is 2.12. The molecule has 6 heteroatoms. The molecule has 0 aromatic carbocycles. The van der Waals surface area contributed by atoms with Crippen LogP contribution in [0.1, 0.15) is 0 Å². The third-order valence-corrected chi connectivity index (χ3v) is 1.30. The Morgan fingerprint density at radius 3 is 2.75 bits per heavy atom. The van der Waals surface area contributed by atoms with Gasteiger partial charge in [-0.25, -0.2) is 0 Å². The number of nitrogens with zero attached hydrogens (tertiary/aromatic N) is 4. The summed E-state index contributed by atoms with van der Waals surface area (Å²) >= 11 is 0. The second-order valence-corrected chi connectivity index (χ2v) is 2.03. The molecule has 2 aromatic rings. The van der Waals surface area contributed by atoms with E-state index in [4.69, 9.17) is 9.26 Å². The molecule has 0 fully saturated rings. The minimum absolute atomic E-state index is 0.405. The molecule has 0 radical (unpaired) electrons. The lowest BCUT2D eigenvalue weighted by Gasteiger charge is -1.87. The Labute approximate surface area is 67.7 Å². The highest BCUT2D eigenvalue weighted by molar-refractivity contribution is 5.20. The van der Waals surface area contributed by atoms with Crippen LogP contribution in [-0.2, 0) is 0 Å². The number of hydrogen-bond acceptors (Lipinski definition) is 5. The van der Waals surface area contributed by atoms with E-state index in [1.54, 1.807) is 18.5 Å². The lowest BCUT2D eigenvalue weighted by atomic mass is 10.6. The zero-order valence-electron chi connectivity index (χ0n) is 6.34. The Morgan fingerprint density at radius 1 is 1.42 bits per heavy atom. The second-order valence-electron chi connectivity index (χ2n) is 2.03. The highest BCUT2D eigenvalue weighted by Gasteiger charge is 2.05. The number of methoxy groups -OCH3 is 1. The zero-order valence-corrected chi connectivity index (χ0v) is 6.34. The van der Waals surface area contributed by atoms with Crippen molar-refractivity contribution in [1.82, 2.24) is 20.2 Å². The molecule has 0 atom stereocenters. The van der Waals surface area contributed by atoms with Crippen LogP contribution < -0.4 is 4.74 Å². The van der Waals surface area contributed by atoms with Crippen LogP contribution in [0.5, 0.6) is 5.88 Å². The zero-order chi connectivity index (χ0) is 8.39. The van der Waals surface area contributed by atoms with Crippen molar-refractivity contribution >= 4 is 0 Å². The lowest BCUT2D eigenvalue weighted by molar-refractivity contribution is 0.330. The largest absolute Gasteiger partial charge is 0.479 e. The first-order valence-corrected chi connectivity index (χ1v) is 3.27. The fourth-order valence-electron chi connectivity index (χ4n) is 0.770. The van der Waals surface area contributed by atoms with Gasteiger partial charge in [0.25, 0.3) is 11.8 Å². The van der Waals surface area contributed by atoms with Gasteiger partial charge in [0.1, 0.15) is 0 Å². The van der Waals surface area contributed by atoms with Gasteiger partial charge < -0.3 is 9.26 Å². The fraction of sp³-hybridized carbons (Fsp3) is 0.167. The first-order valence-electron chi connectivity index (χ1n) is 3.27. The summed E-state index contributed by atoms with van der Waals surface area (Å²) in [6.45, 7) is 0. The Bertz CT molecular complexity index is 353. The smallest absolute Gasteiger partial charge is 0.273 e. The lowest BCUT2D eigenvalue weighted by Crippen LogP contribution is -1.95. The molecule has 0 aliphatic heterocycles. The molecule has 0 saturated carbocycles. The summed E-state index contributed by atoms with van der Waals surface area (Å²) in [6.07, 6.45) is 3.10. The van der Waals surface area contributed by atoms with E-state index in [2.05, 4.69) is 15.4 Å². The summed E-state index contributed by atoms with van der Waals surface area (Å²) in [4.78, 5) is 1.32. The Morgan fingerprint density at radius 2 is 2.17 bits per heavy atom. The molecule has 0 aliphatic rings. The summed E-state index contributed by atoms with van der Waals surface area (Å²) in [6, 6.07) is 1.60. The van der Waals surface area contributed by atoms with Crippen LogP contribution in [-0.4, -0.2) is 27.3 Å². The molecule has 12 heavy (non-hydrogen) atoms. The number of hydrogen-bond donors (Lipinski definition) is 0. The van der Waals surface area contributed by atoms with E-state index in [0.717, 1.165) is 0 Å². The van der Waals surface area contributed by atoms with Gasteiger partial charge in [-0.05, 0) is 5.16 Å². The molecule has 0 unspecified atom stereocenters. The molecule has 6 nitrogen and oxygen atoms in total. The fourth-order valence-corrected chi connectivity index (χ4v) is 0.770. The summed E-state index contributed by atoms with van der Waals surface area (Å²) in [5, 5.41) is 11.3. The van der Waals surface area contributed by atoms with Gasteiger partial charge in [-0.15, -0.1) is 4.80 Å². The molecule has 2 heterocycles. The molecule has 0 amide bonds. The molecule has 0 saturated heterocycles. The SMILES string of the molecule is COc1cc(-n2nccn2)on1. The average Bonchev–Trinajstić information content (AvgIpc) is 2.75. The van der Waals surface area contributed by atoms with E-state index in [0.29, 0.717) is 11.8 Å². The molecular weight excluding hydrogens is 160 g/mol. The normalized spacial score (nSPS) is 10.1. The quantitative estimate of drug-likeness (QED) is 0.640. The highest BCUT2D eigenvalue weighted by atomic mass is 16.5. The van der Waals surface area contributed by atoms with Crippen molar-refractivity contribution in [2.75, 3.05) is 7.11 Å². The van der Waals surface area contributed by atoms with Crippen molar-refractivity contribution in [3.05, 3.63) is 18.5 Å². The summed E-state index contributed by atoms with van der Waals surface area (Å²) < 4.78 is 9.68. The van der Waals surface area contributed by atoms with Crippen LogP contribution in [0.4, 0.5) is 0 Å². The van der Waals surface area contributed by atoms with Gasteiger partial charge in [0.05, 0.1) is 25.6 Å². The van der Waals surface area contributed by atoms with Crippen LogP contribution in [0, 0.1) is 0 Å². The number of rotatable bonds is 2. The molecule has 0 N–H and O–H groups in total. The Hall–Kier alpha value is -1.85. The van der Waals surface area contributed by atoms with Crippen LogP contribution in [0.25, 0.3) is 5.88 Å². The van der Waals surface area contributed by atoms with E-state index < -0.39 is 0 Å². The predicted molar refractivity (Wildman–Crippen MR) is 38.0 cm³/mol. The van der Waals surface area contributed by atoms with E-state index in [1.807, 2.05) is 0 Å². The van der Waals surface area contributed by atoms with Crippen molar-refractivity contribution in [3.8, 4) is 11.8 Å². The minimum Gasteiger partial charge on any atom is -0.479 e. The average molecular weight is 166 g/mol. The van der Waals surface area contributed by atoms with Gasteiger partial charge in [-0.1, -0.05) is 0 Å². The van der Waals surface area contributed by atoms with Gasteiger partial charge in [0.15, 0.2) is 0 Å². The third-order valence-electron chi connectivity index (χ3n) is 1.30. The van der Waals surface area contributed by atoms with Crippen LogP contribution >= 0.6 is 0 Å². The number of ether oxygens (including phenoxy) is 1. The van der Waals surface area contributed by atoms with Gasteiger partial charge in [-0.3, -0.25) is 0 Å². The van der Waals surface area contributed by atoms with Crippen molar-refractivity contribution in [3.63, 3.8) is 0 Å². The van der Waals surface area contributed by atoms with Gasteiger partial charge in [-0.2, -0.15) is 10.2 Å². The van der Waals surface area contributed by atoms with E-state index in [1.165, 1.54) is 11.9 Å². The molecule has 0 spiro atoms. The summed E-state index contributed by atoms with van der Waals surface area (Å²) in [5.41, 5.74) is 0. The maximum Gasteiger partial charge on any atom is 0.273 e. The van der Waals surface area contributed by atoms with Crippen molar-refractivity contribution < 1.29 is 9.26 Å². The van der Waals surface area contributed by atoms with Gasteiger partial charge in [0, 0.05) is 0 Å². The Kier molecular flexibility index (Phi) is 1.51. The minimum atomic E-state index is 0.405. The van der Waals surface area contributed by atoms with Gasteiger partial charge >= 0.3 is 0 Å². The van der Waals surface area contributed by atoms with Gasteiger partial charge in [0.2, 0.25) is 0 Å². The third kappa shape index (κ3) is 1.03. The second kappa shape index (κ2) is 2.65. The predicted octanol–water partition coefficient (Wildman–Crippen LogP) is 0.264. The molecule has 2 aromatic heterocycles. The first kappa shape index (κ1) is 6.84. The van der Waals surface area contributed by atoms with E-state index in [-0.39, 0.29) is 0 Å². The molecule has 0 bridgehead atoms. The molecular formula is C6H6N4O2. The maximum atomic E-state index is 4.86. The molecule has 0 aliphatic carbocycles. The maximum absolute atomic E-state index is 4.86.